The number of thiazole rings is 1. The largest absolute Gasteiger partial charge is 0.359 e. The van der Waals surface area contributed by atoms with Crippen molar-refractivity contribution in [2.75, 3.05) is 5.32 Å². The van der Waals surface area contributed by atoms with Crippen LogP contribution in [0.15, 0.2) is 17.5 Å². The molecule has 4 heteroatoms. The first kappa shape index (κ1) is 10.6. The molecule has 80 valence electrons. The Balaban J connectivity index is 2.20. The second kappa shape index (κ2) is 4.33. The van der Waals surface area contributed by atoms with Crippen LogP contribution in [0.5, 0.6) is 0 Å². The van der Waals surface area contributed by atoms with Gasteiger partial charge in [0.05, 0.1) is 10.6 Å². The molecular formula is C11H14N2S2. The van der Waals surface area contributed by atoms with Gasteiger partial charge in [-0.1, -0.05) is 0 Å². The van der Waals surface area contributed by atoms with Crippen molar-refractivity contribution in [2.45, 2.75) is 26.8 Å². The summed E-state index contributed by atoms with van der Waals surface area (Å²) < 4.78 is 0. The summed E-state index contributed by atoms with van der Waals surface area (Å²) >= 11 is 3.46. The van der Waals surface area contributed by atoms with E-state index in [0.717, 1.165) is 10.8 Å². The molecule has 0 bridgehead atoms. The van der Waals surface area contributed by atoms with Crippen LogP contribution in [-0.2, 0) is 0 Å². The highest BCUT2D eigenvalue weighted by atomic mass is 32.1. The van der Waals surface area contributed by atoms with E-state index in [0.29, 0.717) is 6.04 Å². The lowest BCUT2D eigenvalue weighted by atomic mass is 10.4. The highest BCUT2D eigenvalue weighted by molar-refractivity contribution is 7.16. The maximum absolute atomic E-state index is 4.55. The molecule has 0 aromatic carbocycles. The molecule has 15 heavy (non-hydrogen) atoms. The minimum atomic E-state index is 0.439. The van der Waals surface area contributed by atoms with E-state index in [1.807, 2.05) is 0 Å². The van der Waals surface area contributed by atoms with Crippen LogP contribution in [0.3, 0.4) is 0 Å². The lowest BCUT2D eigenvalue weighted by Gasteiger charge is -2.04. The van der Waals surface area contributed by atoms with E-state index < -0.39 is 0 Å². The summed E-state index contributed by atoms with van der Waals surface area (Å²) in [4.78, 5) is 7.13. The SMILES string of the molecule is Cc1ccc(-c2csc(NC(C)C)n2)s1. The van der Waals surface area contributed by atoms with Gasteiger partial charge in [-0.15, -0.1) is 22.7 Å². The molecule has 0 fully saturated rings. The van der Waals surface area contributed by atoms with Crippen molar-refractivity contribution in [3.8, 4) is 10.6 Å². The van der Waals surface area contributed by atoms with E-state index in [9.17, 15) is 0 Å². The zero-order valence-corrected chi connectivity index (χ0v) is 10.7. The molecule has 0 spiro atoms. The van der Waals surface area contributed by atoms with Gasteiger partial charge >= 0.3 is 0 Å². The monoisotopic (exact) mass is 238 g/mol. The Morgan fingerprint density at radius 1 is 1.33 bits per heavy atom. The lowest BCUT2D eigenvalue weighted by Crippen LogP contribution is -2.08. The minimum absolute atomic E-state index is 0.439. The molecule has 0 amide bonds. The van der Waals surface area contributed by atoms with Crippen LogP contribution in [-0.4, -0.2) is 11.0 Å². The molecule has 0 radical (unpaired) electrons. The van der Waals surface area contributed by atoms with Gasteiger partial charge in [-0.25, -0.2) is 4.98 Å². The van der Waals surface area contributed by atoms with Crippen LogP contribution in [0.1, 0.15) is 18.7 Å². The fourth-order valence-corrected chi connectivity index (χ4v) is 3.03. The molecule has 0 saturated carbocycles. The number of nitrogens with one attached hydrogen (secondary N) is 1. The van der Waals surface area contributed by atoms with Crippen molar-refractivity contribution < 1.29 is 0 Å². The average Bonchev–Trinajstić information content (AvgIpc) is 2.72. The summed E-state index contributed by atoms with van der Waals surface area (Å²) in [7, 11) is 0. The predicted octanol–water partition coefficient (Wildman–Crippen LogP) is 4.00. The third-order valence-corrected chi connectivity index (χ3v) is 3.71. The first-order chi connectivity index (χ1) is 7.15. The molecule has 2 nitrogen and oxygen atoms in total. The Labute approximate surface area is 98.0 Å². The fourth-order valence-electron chi connectivity index (χ4n) is 1.27. The summed E-state index contributed by atoms with van der Waals surface area (Å²) in [6, 6.07) is 4.71. The van der Waals surface area contributed by atoms with Crippen LogP contribution in [0.25, 0.3) is 10.6 Å². The Kier molecular flexibility index (Phi) is 3.07. The van der Waals surface area contributed by atoms with Gasteiger partial charge in [0.1, 0.15) is 0 Å². The second-order valence-corrected chi connectivity index (χ2v) is 5.89. The second-order valence-electron chi connectivity index (χ2n) is 3.75. The molecule has 0 aliphatic rings. The number of aryl methyl sites for hydroxylation is 1. The maximum Gasteiger partial charge on any atom is 0.183 e. The minimum Gasteiger partial charge on any atom is -0.359 e. The highest BCUT2D eigenvalue weighted by Gasteiger charge is 2.06. The van der Waals surface area contributed by atoms with Crippen molar-refractivity contribution in [1.29, 1.82) is 0 Å². The first-order valence-corrected chi connectivity index (χ1v) is 6.63. The Bertz CT molecular complexity index is 443. The van der Waals surface area contributed by atoms with Crippen molar-refractivity contribution in [3.05, 3.63) is 22.4 Å². The van der Waals surface area contributed by atoms with Crippen molar-refractivity contribution in [1.82, 2.24) is 4.98 Å². The number of hydrogen-bond donors (Lipinski definition) is 1. The number of thiophene rings is 1. The first-order valence-electron chi connectivity index (χ1n) is 4.94. The number of nitrogens with zero attached hydrogens (tertiary/aromatic N) is 1. The molecule has 0 atom stereocenters. The fraction of sp³-hybridized carbons (Fsp3) is 0.364. The Morgan fingerprint density at radius 2 is 2.13 bits per heavy atom. The standard InChI is InChI=1S/C11H14N2S2/c1-7(2)12-11-13-9(6-14-11)10-5-4-8(3)15-10/h4-7H,1-3H3,(H,12,13). The highest BCUT2D eigenvalue weighted by Crippen LogP contribution is 2.30. The van der Waals surface area contributed by atoms with E-state index >= 15 is 0 Å². The normalized spacial score (nSPS) is 10.9. The summed E-state index contributed by atoms with van der Waals surface area (Å²) in [6.45, 7) is 6.36. The molecular weight excluding hydrogens is 224 g/mol. The van der Waals surface area contributed by atoms with E-state index in [-0.39, 0.29) is 0 Å². The number of hydrogen-bond acceptors (Lipinski definition) is 4. The molecule has 0 aliphatic heterocycles. The molecule has 0 saturated heterocycles. The summed E-state index contributed by atoms with van der Waals surface area (Å²) in [6.07, 6.45) is 0. The van der Waals surface area contributed by atoms with Gasteiger partial charge in [0.2, 0.25) is 0 Å². The summed E-state index contributed by atoms with van der Waals surface area (Å²) in [5.74, 6) is 0. The smallest absolute Gasteiger partial charge is 0.183 e. The van der Waals surface area contributed by atoms with Crippen LogP contribution in [0.4, 0.5) is 5.13 Å². The molecule has 2 aromatic heterocycles. The maximum atomic E-state index is 4.55. The Hall–Kier alpha value is -0.870. The van der Waals surface area contributed by atoms with Gasteiger partial charge in [0, 0.05) is 16.3 Å². The average molecular weight is 238 g/mol. The van der Waals surface area contributed by atoms with Gasteiger partial charge in [0.25, 0.3) is 0 Å². The van der Waals surface area contributed by atoms with Crippen LogP contribution in [0, 0.1) is 6.92 Å². The van der Waals surface area contributed by atoms with Gasteiger partial charge in [-0.05, 0) is 32.9 Å². The van der Waals surface area contributed by atoms with Crippen LogP contribution >= 0.6 is 22.7 Å². The van der Waals surface area contributed by atoms with Gasteiger partial charge < -0.3 is 5.32 Å². The topological polar surface area (TPSA) is 24.9 Å². The van der Waals surface area contributed by atoms with Crippen LogP contribution < -0.4 is 5.32 Å². The molecule has 0 aliphatic carbocycles. The number of anilines is 1. The number of aromatic nitrogens is 1. The van der Waals surface area contributed by atoms with Gasteiger partial charge in [-0.2, -0.15) is 0 Å². The zero-order valence-electron chi connectivity index (χ0n) is 9.07. The molecule has 2 aromatic rings. The third kappa shape index (κ3) is 2.58. The lowest BCUT2D eigenvalue weighted by molar-refractivity contribution is 0.897. The quantitative estimate of drug-likeness (QED) is 0.874. The molecule has 2 rings (SSSR count). The van der Waals surface area contributed by atoms with Crippen molar-refractivity contribution in [2.24, 2.45) is 0 Å². The summed E-state index contributed by atoms with van der Waals surface area (Å²) in [5.41, 5.74) is 1.08. The van der Waals surface area contributed by atoms with Gasteiger partial charge in [0.15, 0.2) is 5.13 Å². The van der Waals surface area contributed by atoms with Gasteiger partial charge in [-0.3, -0.25) is 0 Å². The van der Waals surface area contributed by atoms with E-state index in [1.54, 1.807) is 22.7 Å². The zero-order chi connectivity index (χ0) is 10.8. The van der Waals surface area contributed by atoms with Crippen LogP contribution in [0.2, 0.25) is 0 Å². The molecule has 1 N–H and O–H groups in total. The molecule has 0 unspecified atom stereocenters. The summed E-state index contributed by atoms with van der Waals surface area (Å²) in [5, 5.41) is 6.43. The van der Waals surface area contributed by atoms with E-state index in [2.05, 4.69) is 48.6 Å². The van der Waals surface area contributed by atoms with E-state index in [1.165, 1.54) is 9.75 Å². The Morgan fingerprint density at radius 3 is 2.73 bits per heavy atom. The number of rotatable bonds is 3. The van der Waals surface area contributed by atoms with E-state index in [4.69, 9.17) is 0 Å². The third-order valence-electron chi connectivity index (χ3n) is 1.91. The van der Waals surface area contributed by atoms with Crippen molar-refractivity contribution in [3.63, 3.8) is 0 Å². The molecule has 2 heterocycles. The van der Waals surface area contributed by atoms with Crippen molar-refractivity contribution >= 4 is 27.8 Å². The predicted molar refractivity (Wildman–Crippen MR) is 68.9 cm³/mol.